The largest absolute Gasteiger partial charge is 0.496 e. The number of benzene rings is 2. The molecule has 1 N–H and O–H groups in total. The first kappa shape index (κ1) is 24.8. The summed E-state index contributed by atoms with van der Waals surface area (Å²) in [6.45, 7) is 3.36. The number of ether oxygens (including phenoxy) is 1. The predicted molar refractivity (Wildman–Crippen MR) is 128 cm³/mol. The van der Waals surface area contributed by atoms with Crippen molar-refractivity contribution in [3.8, 4) is 5.75 Å². The average Bonchev–Trinajstić information content (AvgIpc) is 2.77. The third-order valence-corrected chi connectivity index (χ3v) is 8.33. The monoisotopic (exact) mass is 495 g/mol. The van der Waals surface area contributed by atoms with Crippen molar-refractivity contribution < 1.29 is 26.4 Å². The Balaban J connectivity index is 1.90. The Morgan fingerprint density at radius 2 is 1.76 bits per heavy atom. The molecule has 2 aromatic rings. The van der Waals surface area contributed by atoms with Crippen LogP contribution in [0.15, 0.2) is 47.4 Å². The van der Waals surface area contributed by atoms with Gasteiger partial charge in [-0.15, -0.1) is 0 Å². The lowest BCUT2D eigenvalue weighted by atomic mass is 9.98. The molecule has 0 atom stereocenters. The van der Waals surface area contributed by atoms with Gasteiger partial charge in [0, 0.05) is 20.1 Å². The number of hydrogen-bond acceptors (Lipinski definition) is 6. The minimum absolute atomic E-state index is 0.0982. The van der Waals surface area contributed by atoms with E-state index in [9.17, 15) is 21.6 Å². The summed E-state index contributed by atoms with van der Waals surface area (Å²) in [6.07, 6.45) is 2.85. The van der Waals surface area contributed by atoms with Crippen molar-refractivity contribution in [2.45, 2.75) is 24.7 Å². The molecule has 2 aromatic carbocycles. The molecular weight excluding hydrogens is 466 g/mol. The fourth-order valence-electron chi connectivity index (χ4n) is 3.57. The van der Waals surface area contributed by atoms with E-state index in [4.69, 9.17) is 4.74 Å². The van der Waals surface area contributed by atoms with Gasteiger partial charge in [-0.25, -0.2) is 16.8 Å². The van der Waals surface area contributed by atoms with Gasteiger partial charge in [0.1, 0.15) is 5.75 Å². The van der Waals surface area contributed by atoms with Gasteiger partial charge in [-0.2, -0.15) is 0 Å². The number of hydrogen-bond donors (Lipinski definition) is 1. The first-order valence-corrected chi connectivity index (χ1v) is 13.8. The number of carbonyl (C=O) groups excluding carboxylic acids is 1. The lowest BCUT2D eigenvalue weighted by Crippen LogP contribution is -2.38. The molecule has 0 bridgehead atoms. The molecule has 180 valence electrons. The molecule has 33 heavy (non-hydrogen) atoms. The second-order valence-corrected chi connectivity index (χ2v) is 11.9. The highest BCUT2D eigenvalue weighted by atomic mass is 32.2. The summed E-state index contributed by atoms with van der Waals surface area (Å²) in [7, 11) is -4.75. The minimum Gasteiger partial charge on any atom is -0.496 e. The van der Waals surface area contributed by atoms with Crippen molar-refractivity contribution in [2.24, 2.45) is 5.92 Å². The van der Waals surface area contributed by atoms with Crippen LogP contribution in [0.25, 0.3) is 0 Å². The molecule has 9 nitrogen and oxygen atoms in total. The van der Waals surface area contributed by atoms with E-state index >= 15 is 0 Å². The SMILES string of the molecule is COc1ccc(S(=O)(=O)Nc2cccc(N(C)S(C)(=O)=O)c2)cc1C(=O)N1CCC(C)CC1. The van der Waals surface area contributed by atoms with E-state index in [0.29, 0.717) is 30.4 Å². The molecule has 0 radical (unpaired) electrons. The highest BCUT2D eigenvalue weighted by Crippen LogP contribution is 2.28. The van der Waals surface area contributed by atoms with E-state index in [2.05, 4.69) is 11.6 Å². The number of nitrogens with zero attached hydrogens (tertiary/aromatic N) is 2. The van der Waals surface area contributed by atoms with Crippen LogP contribution in [0.4, 0.5) is 11.4 Å². The van der Waals surface area contributed by atoms with Gasteiger partial charge in [-0.1, -0.05) is 13.0 Å². The average molecular weight is 496 g/mol. The molecule has 0 aromatic heterocycles. The molecule has 0 unspecified atom stereocenters. The third-order valence-electron chi connectivity index (χ3n) is 5.74. The molecule has 0 aliphatic carbocycles. The molecule has 1 aliphatic rings. The Kier molecular flexibility index (Phi) is 7.23. The van der Waals surface area contributed by atoms with Gasteiger partial charge >= 0.3 is 0 Å². The standard InChI is InChI=1S/C22H29N3O6S2/c1-16-10-12-25(13-11-16)22(26)20-15-19(8-9-21(20)31-3)33(29,30)23-17-6-5-7-18(14-17)24(2)32(4,27)28/h5-9,14-16,23H,10-13H2,1-4H3. The number of nitrogens with one attached hydrogen (secondary N) is 1. The van der Waals surface area contributed by atoms with Gasteiger partial charge in [-0.3, -0.25) is 13.8 Å². The third kappa shape index (κ3) is 5.77. The van der Waals surface area contributed by atoms with Crippen molar-refractivity contribution in [3.63, 3.8) is 0 Å². The zero-order valence-electron chi connectivity index (χ0n) is 19.1. The van der Waals surface area contributed by atoms with Crippen LogP contribution >= 0.6 is 0 Å². The van der Waals surface area contributed by atoms with Crippen LogP contribution in [0.2, 0.25) is 0 Å². The van der Waals surface area contributed by atoms with E-state index in [-0.39, 0.29) is 22.1 Å². The second kappa shape index (κ2) is 9.60. The Morgan fingerprint density at radius 3 is 2.36 bits per heavy atom. The van der Waals surface area contributed by atoms with Crippen LogP contribution in [-0.2, 0) is 20.0 Å². The molecule has 1 fully saturated rings. The van der Waals surface area contributed by atoms with E-state index in [1.54, 1.807) is 17.0 Å². The smallest absolute Gasteiger partial charge is 0.261 e. The number of piperidine rings is 1. The fourth-order valence-corrected chi connectivity index (χ4v) is 5.15. The van der Waals surface area contributed by atoms with Crippen molar-refractivity contribution in [3.05, 3.63) is 48.0 Å². The number of methoxy groups -OCH3 is 1. The lowest BCUT2D eigenvalue weighted by molar-refractivity contribution is 0.0693. The summed E-state index contributed by atoms with van der Waals surface area (Å²) in [5.41, 5.74) is 0.680. The molecule has 11 heteroatoms. The molecule has 3 rings (SSSR count). The molecular formula is C22H29N3O6S2. The highest BCUT2D eigenvalue weighted by Gasteiger charge is 2.26. The van der Waals surface area contributed by atoms with Crippen LogP contribution in [0.1, 0.15) is 30.1 Å². The van der Waals surface area contributed by atoms with Crippen LogP contribution in [0.5, 0.6) is 5.75 Å². The quantitative estimate of drug-likeness (QED) is 0.632. The highest BCUT2D eigenvalue weighted by molar-refractivity contribution is 7.92. The van der Waals surface area contributed by atoms with E-state index < -0.39 is 20.0 Å². The number of likely N-dealkylation sites (tertiary alicyclic amines) is 1. The van der Waals surface area contributed by atoms with Crippen LogP contribution in [0, 0.1) is 5.92 Å². The zero-order valence-corrected chi connectivity index (χ0v) is 20.7. The number of rotatable bonds is 7. The van der Waals surface area contributed by atoms with Gasteiger partial charge in [0.05, 0.1) is 35.2 Å². The van der Waals surface area contributed by atoms with Gasteiger partial charge in [-0.05, 0) is 55.2 Å². The maximum absolute atomic E-state index is 13.1. The van der Waals surface area contributed by atoms with Crippen LogP contribution < -0.4 is 13.8 Å². The normalized spacial score (nSPS) is 15.2. The number of carbonyl (C=O) groups is 1. The first-order chi connectivity index (χ1) is 15.4. The Hall–Kier alpha value is -2.79. The first-order valence-electron chi connectivity index (χ1n) is 10.5. The second-order valence-electron chi connectivity index (χ2n) is 8.22. The maximum Gasteiger partial charge on any atom is 0.261 e. The molecule has 1 amide bonds. The van der Waals surface area contributed by atoms with E-state index in [1.165, 1.54) is 44.5 Å². The van der Waals surface area contributed by atoms with Gasteiger partial charge in [0.15, 0.2) is 0 Å². The maximum atomic E-state index is 13.1. The summed E-state index contributed by atoms with van der Waals surface area (Å²) in [4.78, 5) is 14.7. The number of anilines is 2. The van der Waals surface area contributed by atoms with Gasteiger partial charge in [0.25, 0.3) is 15.9 Å². The number of amides is 1. The van der Waals surface area contributed by atoms with Gasteiger partial charge in [0.2, 0.25) is 10.0 Å². The summed E-state index contributed by atoms with van der Waals surface area (Å²) < 4.78 is 58.5. The van der Waals surface area contributed by atoms with Crippen molar-refractivity contribution in [1.29, 1.82) is 0 Å². The van der Waals surface area contributed by atoms with E-state index in [1.807, 2.05) is 0 Å². The summed E-state index contributed by atoms with van der Waals surface area (Å²) in [6, 6.07) is 10.2. The lowest BCUT2D eigenvalue weighted by Gasteiger charge is -2.30. The molecule has 0 saturated carbocycles. The summed E-state index contributed by atoms with van der Waals surface area (Å²) in [5.74, 6) is 0.575. The van der Waals surface area contributed by atoms with Crippen LogP contribution in [0.3, 0.4) is 0 Å². The topological polar surface area (TPSA) is 113 Å². The molecule has 1 heterocycles. The van der Waals surface area contributed by atoms with Crippen molar-refractivity contribution in [1.82, 2.24) is 4.90 Å². The summed E-state index contributed by atoms with van der Waals surface area (Å²) in [5, 5.41) is 0. The van der Waals surface area contributed by atoms with Crippen LogP contribution in [-0.4, -0.2) is 61.1 Å². The van der Waals surface area contributed by atoms with Crippen molar-refractivity contribution in [2.75, 3.05) is 42.5 Å². The van der Waals surface area contributed by atoms with Crippen molar-refractivity contribution >= 4 is 37.3 Å². The van der Waals surface area contributed by atoms with Gasteiger partial charge < -0.3 is 9.64 Å². The molecule has 1 saturated heterocycles. The zero-order chi connectivity index (χ0) is 24.4. The number of sulfonamides is 2. The molecule has 1 aliphatic heterocycles. The minimum atomic E-state index is -4.06. The Bertz CT molecular complexity index is 1240. The Morgan fingerprint density at radius 1 is 1.09 bits per heavy atom. The predicted octanol–water partition coefficient (Wildman–Crippen LogP) is 2.76. The molecule has 0 spiro atoms. The Labute approximate surface area is 195 Å². The fraction of sp³-hybridized carbons (Fsp3) is 0.409. The summed E-state index contributed by atoms with van der Waals surface area (Å²) >= 11 is 0. The van der Waals surface area contributed by atoms with E-state index in [0.717, 1.165) is 23.4 Å².